The summed E-state index contributed by atoms with van der Waals surface area (Å²) in [6.07, 6.45) is 0. The molecule has 1 atom stereocenters. The Morgan fingerprint density at radius 2 is 1.93 bits per heavy atom. The van der Waals surface area contributed by atoms with Gasteiger partial charge in [0.2, 0.25) is 0 Å². The maximum absolute atomic E-state index is 13.3. The molecule has 2 aromatic carbocycles. The van der Waals surface area contributed by atoms with E-state index in [1.54, 1.807) is 9.58 Å². The van der Waals surface area contributed by atoms with E-state index in [0.29, 0.717) is 37.7 Å². The van der Waals surface area contributed by atoms with E-state index in [1.165, 1.54) is 0 Å². The normalized spacial score (nSPS) is 18.2. The highest BCUT2D eigenvalue weighted by Crippen LogP contribution is 2.40. The van der Waals surface area contributed by atoms with Gasteiger partial charge >= 0.3 is 0 Å². The van der Waals surface area contributed by atoms with Gasteiger partial charge in [-0.15, -0.1) is 0 Å². The number of nitrogens with zero attached hydrogens (tertiary/aromatic N) is 3. The molecule has 2 aliphatic heterocycles. The van der Waals surface area contributed by atoms with Crippen LogP contribution in [0.2, 0.25) is 0 Å². The van der Waals surface area contributed by atoms with Crippen molar-refractivity contribution in [3.8, 4) is 16.9 Å². The summed E-state index contributed by atoms with van der Waals surface area (Å²) in [4.78, 5) is 15.8. The molecule has 0 aliphatic carbocycles. The Bertz CT molecular complexity index is 1090. The molecule has 2 N–H and O–H groups in total. The summed E-state index contributed by atoms with van der Waals surface area (Å²) in [5.74, 6) is 0.115. The van der Waals surface area contributed by atoms with Crippen LogP contribution in [0.1, 0.15) is 16.1 Å². The molecule has 1 aromatic heterocycles. The van der Waals surface area contributed by atoms with Crippen LogP contribution in [0.25, 0.3) is 16.9 Å². The van der Waals surface area contributed by atoms with Crippen molar-refractivity contribution in [3.05, 3.63) is 59.8 Å². The molecule has 8 heteroatoms. The van der Waals surface area contributed by atoms with Crippen molar-refractivity contribution in [2.45, 2.75) is 10.6 Å². The minimum absolute atomic E-state index is 0.149. The van der Waals surface area contributed by atoms with Gasteiger partial charge in [0.25, 0.3) is 5.91 Å². The fraction of sp³-hybridized carbons (Fsp3) is 0.238. The van der Waals surface area contributed by atoms with Gasteiger partial charge in [-0.2, -0.15) is 5.10 Å². The SMILES string of the molecule is Nc1cccc(-n2nc(C(=O)N3CCOCC3)c3c2-c2ccccc2[S+]([O-])C3)c1. The van der Waals surface area contributed by atoms with Crippen LogP contribution in [0, 0.1) is 0 Å². The molecule has 29 heavy (non-hydrogen) atoms. The maximum Gasteiger partial charge on any atom is 0.275 e. The standard InChI is InChI=1S/C21H20N4O3S/c22-14-4-3-5-15(12-14)25-20-16-6-1-2-7-18(16)29(27)13-17(20)19(23-25)21(26)24-8-10-28-11-9-24/h1-7,12H,8-11,13,22H2. The quantitative estimate of drug-likeness (QED) is 0.518. The van der Waals surface area contributed by atoms with Crippen LogP contribution in [-0.4, -0.2) is 51.4 Å². The third kappa shape index (κ3) is 3.09. The smallest absolute Gasteiger partial charge is 0.275 e. The predicted octanol–water partition coefficient (Wildman–Crippen LogP) is 2.22. The number of ether oxygens (including phenoxy) is 1. The number of amides is 1. The first-order valence-corrected chi connectivity index (χ1v) is 10.8. The van der Waals surface area contributed by atoms with E-state index in [9.17, 15) is 9.35 Å². The molecule has 3 heterocycles. The van der Waals surface area contributed by atoms with Gasteiger partial charge in [0.1, 0.15) is 5.75 Å². The lowest BCUT2D eigenvalue weighted by atomic mass is 10.0. The predicted molar refractivity (Wildman–Crippen MR) is 110 cm³/mol. The third-order valence-electron chi connectivity index (χ3n) is 5.26. The van der Waals surface area contributed by atoms with E-state index in [1.807, 2.05) is 48.5 Å². The number of fused-ring (bicyclic) bond motifs is 3. The number of carbonyl (C=O) groups is 1. The van der Waals surface area contributed by atoms with Crippen LogP contribution in [0.3, 0.4) is 0 Å². The summed E-state index contributed by atoms with van der Waals surface area (Å²) in [5.41, 5.74) is 10.1. The second-order valence-corrected chi connectivity index (χ2v) is 8.49. The molecule has 3 aromatic rings. The van der Waals surface area contributed by atoms with Gasteiger partial charge in [-0.25, -0.2) is 4.68 Å². The highest BCUT2D eigenvalue weighted by Gasteiger charge is 2.37. The van der Waals surface area contributed by atoms with E-state index in [2.05, 4.69) is 0 Å². The van der Waals surface area contributed by atoms with Crippen molar-refractivity contribution in [1.82, 2.24) is 14.7 Å². The molecule has 148 valence electrons. The van der Waals surface area contributed by atoms with Crippen molar-refractivity contribution in [2.75, 3.05) is 32.0 Å². The Labute approximate surface area is 171 Å². The van der Waals surface area contributed by atoms with Gasteiger partial charge in [-0.05, 0) is 41.5 Å². The zero-order valence-corrected chi connectivity index (χ0v) is 16.5. The first-order chi connectivity index (χ1) is 14.1. The van der Waals surface area contributed by atoms with Gasteiger partial charge in [0, 0.05) is 18.8 Å². The summed E-state index contributed by atoms with van der Waals surface area (Å²) < 4.78 is 20.0. The van der Waals surface area contributed by atoms with Gasteiger partial charge < -0.3 is 19.9 Å². The molecule has 5 rings (SSSR count). The van der Waals surface area contributed by atoms with Gasteiger partial charge in [-0.3, -0.25) is 4.79 Å². The number of morpholine rings is 1. The number of aromatic nitrogens is 2. The molecule has 0 bridgehead atoms. The average molecular weight is 408 g/mol. The molecule has 1 unspecified atom stereocenters. The lowest BCUT2D eigenvalue weighted by Gasteiger charge is -2.26. The Hall–Kier alpha value is -2.81. The van der Waals surface area contributed by atoms with E-state index in [4.69, 9.17) is 15.6 Å². The second-order valence-electron chi connectivity index (χ2n) is 7.07. The average Bonchev–Trinajstić information content (AvgIpc) is 3.13. The van der Waals surface area contributed by atoms with Crippen molar-refractivity contribution in [3.63, 3.8) is 0 Å². The third-order valence-corrected chi connectivity index (χ3v) is 6.66. The number of benzene rings is 2. The minimum Gasteiger partial charge on any atom is -0.611 e. The lowest BCUT2D eigenvalue weighted by Crippen LogP contribution is -2.41. The highest BCUT2D eigenvalue weighted by atomic mass is 32.2. The van der Waals surface area contributed by atoms with Gasteiger partial charge in [0.05, 0.1) is 35.7 Å². The summed E-state index contributed by atoms with van der Waals surface area (Å²) in [7, 11) is 0. The van der Waals surface area contributed by atoms with Crippen LogP contribution in [0.15, 0.2) is 53.4 Å². The van der Waals surface area contributed by atoms with Crippen LogP contribution in [0.5, 0.6) is 0 Å². The highest BCUT2D eigenvalue weighted by molar-refractivity contribution is 7.90. The maximum atomic E-state index is 13.3. The monoisotopic (exact) mass is 408 g/mol. The van der Waals surface area contributed by atoms with Gasteiger partial charge in [-0.1, -0.05) is 18.2 Å². The summed E-state index contributed by atoms with van der Waals surface area (Å²) >= 11 is -1.23. The van der Waals surface area contributed by atoms with E-state index in [-0.39, 0.29) is 11.7 Å². The summed E-state index contributed by atoms with van der Waals surface area (Å²) in [6, 6.07) is 15.0. The van der Waals surface area contributed by atoms with Crippen molar-refractivity contribution in [2.24, 2.45) is 0 Å². The summed E-state index contributed by atoms with van der Waals surface area (Å²) in [6.45, 7) is 2.08. The fourth-order valence-corrected chi connectivity index (χ4v) is 5.20. The number of carbonyl (C=O) groups excluding carboxylic acids is 1. The lowest BCUT2D eigenvalue weighted by molar-refractivity contribution is 0.0298. The van der Waals surface area contributed by atoms with Crippen LogP contribution < -0.4 is 5.73 Å². The Balaban J connectivity index is 1.71. The Kier molecular flexibility index (Phi) is 4.54. The molecular weight excluding hydrogens is 388 g/mol. The Morgan fingerprint density at radius 1 is 1.14 bits per heavy atom. The second kappa shape index (κ2) is 7.22. The molecule has 0 spiro atoms. The van der Waals surface area contributed by atoms with Crippen molar-refractivity contribution < 1.29 is 14.1 Å². The van der Waals surface area contributed by atoms with Crippen LogP contribution in [0.4, 0.5) is 5.69 Å². The number of nitrogens with two attached hydrogens (primary N) is 1. The molecule has 7 nitrogen and oxygen atoms in total. The Morgan fingerprint density at radius 3 is 2.72 bits per heavy atom. The number of anilines is 1. The molecule has 1 saturated heterocycles. The first-order valence-electron chi connectivity index (χ1n) is 9.46. The molecule has 2 aliphatic rings. The molecule has 0 radical (unpaired) electrons. The van der Waals surface area contributed by atoms with Crippen molar-refractivity contribution >= 4 is 22.8 Å². The number of nitrogen functional groups attached to an aromatic ring is 1. The zero-order chi connectivity index (χ0) is 20.0. The van der Waals surface area contributed by atoms with E-state index in [0.717, 1.165) is 27.4 Å². The van der Waals surface area contributed by atoms with Gasteiger partial charge in [0.15, 0.2) is 10.6 Å². The fourth-order valence-electron chi connectivity index (χ4n) is 3.86. The first kappa shape index (κ1) is 18.2. The largest absolute Gasteiger partial charge is 0.611 e. The molecular formula is C21H20N4O3S. The van der Waals surface area contributed by atoms with Crippen LogP contribution in [-0.2, 0) is 21.7 Å². The van der Waals surface area contributed by atoms with Crippen molar-refractivity contribution in [1.29, 1.82) is 0 Å². The van der Waals surface area contributed by atoms with E-state index >= 15 is 0 Å². The number of rotatable bonds is 2. The summed E-state index contributed by atoms with van der Waals surface area (Å²) in [5, 5.41) is 4.71. The van der Waals surface area contributed by atoms with E-state index < -0.39 is 11.2 Å². The molecule has 1 amide bonds. The van der Waals surface area contributed by atoms with Crippen LogP contribution >= 0.6 is 0 Å². The molecule has 1 fully saturated rings. The minimum atomic E-state index is -1.23. The number of hydrogen-bond acceptors (Lipinski definition) is 5. The topological polar surface area (TPSA) is 96.4 Å². The molecule has 0 saturated carbocycles. The number of hydrogen-bond donors (Lipinski definition) is 1. The zero-order valence-electron chi connectivity index (χ0n) is 15.7.